The number of amides is 2. The molecule has 1 N–H and O–H groups in total. The smallest absolute Gasteiger partial charge is 0.264 e. The maximum Gasteiger partial charge on any atom is 0.264 e. The van der Waals surface area contributed by atoms with Crippen LogP contribution < -0.4 is 14.4 Å². The molecule has 0 aliphatic rings. The Hall–Kier alpha value is -3.76. The molecule has 0 aromatic heterocycles. The van der Waals surface area contributed by atoms with E-state index in [2.05, 4.69) is 5.32 Å². The van der Waals surface area contributed by atoms with E-state index in [9.17, 15) is 18.0 Å². The highest BCUT2D eigenvalue weighted by molar-refractivity contribution is 7.92. The van der Waals surface area contributed by atoms with E-state index in [4.69, 9.17) is 39.5 Å². The molecular formula is C35H36Cl3N3O5S. The number of carbonyl (C=O) groups is 2. The van der Waals surface area contributed by atoms with Crippen LogP contribution in [0.4, 0.5) is 5.69 Å². The van der Waals surface area contributed by atoms with E-state index >= 15 is 0 Å². The Bertz CT molecular complexity index is 1770. The Balaban J connectivity index is 1.82. The first kappa shape index (κ1) is 36.1. The van der Waals surface area contributed by atoms with Gasteiger partial charge in [0.15, 0.2) is 0 Å². The second-order valence-corrected chi connectivity index (χ2v) is 14.1. The number of hydrogen-bond donors (Lipinski definition) is 1. The predicted octanol–water partition coefficient (Wildman–Crippen LogP) is 7.41. The van der Waals surface area contributed by atoms with Crippen LogP contribution in [0.1, 0.15) is 31.9 Å². The molecule has 0 radical (unpaired) electrons. The summed E-state index contributed by atoms with van der Waals surface area (Å²) in [5, 5.41) is 3.91. The van der Waals surface area contributed by atoms with Gasteiger partial charge in [-0.25, -0.2) is 8.42 Å². The van der Waals surface area contributed by atoms with Gasteiger partial charge >= 0.3 is 0 Å². The molecule has 1 atom stereocenters. The van der Waals surface area contributed by atoms with E-state index in [1.54, 1.807) is 42.5 Å². The van der Waals surface area contributed by atoms with Crippen LogP contribution in [0.2, 0.25) is 15.1 Å². The minimum absolute atomic E-state index is 0.0448. The third-order valence-electron chi connectivity index (χ3n) is 7.16. The zero-order valence-corrected chi connectivity index (χ0v) is 29.3. The fraction of sp³-hybridized carbons (Fsp3) is 0.257. The molecule has 4 rings (SSSR count). The third-order valence-corrected chi connectivity index (χ3v) is 9.93. The van der Waals surface area contributed by atoms with Gasteiger partial charge in [-0.1, -0.05) is 71.2 Å². The van der Waals surface area contributed by atoms with Gasteiger partial charge in [0.1, 0.15) is 18.3 Å². The molecule has 12 heteroatoms. The van der Waals surface area contributed by atoms with Crippen molar-refractivity contribution in [2.45, 2.75) is 50.7 Å². The SMILES string of the molecule is CCOc1ccc(N(CC(=O)N(Cc2ccc(Cl)c(Cl)c2)C(Cc2ccccc2)C(=O)NC(C)C)S(=O)(=O)c2ccc(Cl)cc2)cc1. The van der Waals surface area contributed by atoms with Crippen molar-refractivity contribution in [3.8, 4) is 5.75 Å². The number of ether oxygens (including phenoxy) is 1. The molecule has 4 aromatic rings. The maximum absolute atomic E-state index is 14.5. The second kappa shape index (κ2) is 16.4. The second-order valence-electron chi connectivity index (χ2n) is 11.0. The average molecular weight is 717 g/mol. The summed E-state index contributed by atoms with van der Waals surface area (Å²) >= 11 is 18.6. The molecule has 0 spiro atoms. The monoisotopic (exact) mass is 715 g/mol. The highest BCUT2D eigenvalue weighted by atomic mass is 35.5. The number of nitrogens with zero attached hydrogens (tertiary/aromatic N) is 2. The van der Waals surface area contributed by atoms with Gasteiger partial charge in [0.05, 0.1) is 27.2 Å². The largest absolute Gasteiger partial charge is 0.494 e. The molecule has 0 saturated carbocycles. The van der Waals surface area contributed by atoms with E-state index in [-0.39, 0.29) is 40.5 Å². The lowest BCUT2D eigenvalue weighted by Gasteiger charge is -2.34. The summed E-state index contributed by atoms with van der Waals surface area (Å²) in [6.45, 7) is 5.27. The molecule has 2 amide bonds. The minimum atomic E-state index is -4.29. The van der Waals surface area contributed by atoms with Crippen LogP contribution in [0.15, 0.2) is 102 Å². The molecule has 0 heterocycles. The van der Waals surface area contributed by atoms with Crippen LogP contribution in [-0.2, 0) is 32.6 Å². The number of hydrogen-bond acceptors (Lipinski definition) is 5. The zero-order chi connectivity index (χ0) is 34.1. The number of carbonyl (C=O) groups excluding carboxylic acids is 2. The molecule has 0 bridgehead atoms. The van der Waals surface area contributed by atoms with Gasteiger partial charge in [0.2, 0.25) is 11.8 Å². The third kappa shape index (κ3) is 9.64. The van der Waals surface area contributed by atoms with Crippen molar-refractivity contribution >= 4 is 62.3 Å². The topological polar surface area (TPSA) is 96.0 Å². The Kier molecular flexibility index (Phi) is 12.6. The minimum Gasteiger partial charge on any atom is -0.494 e. The van der Waals surface area contributed by atoms with Crippen LogP contribution in [0, 0.1) is 0 Å². The molecular weight excluding hydrogens is 681 g/mol. The molecule has 0 aliphatic heterocycles. The van der Waals surface area contributed by atoms with Gasteiger partial charge in [-0.2, -0.15) is 0 Å². The average Bonchev–Trinajstić information content (AvgIpc) is 3.04. The number of rotatable bonds is 14. The standard InChI is InChI=1S/C35H36Cl3N3O5S/c1-4-46-29-15-13-28(14-16-29)41(47(44,45)30-17-11-27(36)12-18-30)23-34(42)40(22-26-10-19-31(37)32(38)20-26)33(35(43)39-24(2)3)21-25-8-6-5-7-9-25/h5-20,24,33H,4,21-23H2,1-3H3,(H,39,43). The summed E-state index contributed by atoms with van der Waals surface area (Å²) in [5.41, 5.74) is 1.66. The van der Waals surface area contributed by atoms with E-state index in [0.29, 0.717) is 28.0 Å². The van der Waals surface area contributed by atoms with Gasteiger partial charge in [0, 0.05) is 24.0 Å². The lowest BCUT2D eigenvalue weighted by atomic mass is 10.0. The van der Waals surface area contributed by atoms with Crippen molar-refractivity contribution in [3.05, 3.63) is 123 Å². The Morgan fingerprint density at radius 3 is 2.09 bits per heavy atom. The molecule has 0 aliphatic carbocycles. The summed E-state index contributed by atoms with van der Waals surface area (Å²) in [7, 11) is -4.29. The Morgan fingerprint density at radius 2 is 1.49 bits per heavy atom. The van der Waals surface area contributed by atoms with Crippen LogP contribution in [-0.4, -0.2) is 50.4 Å². The summed E-state index contributed by atoms with van der Waals surface area (Å²) in [6.07, 6.45) is 0.180. The van der Waals surface area contributed by atoms with Gasteiger partial charge in [-0.15, -0.1) is 0 Å². The van der Waals surface area contributed by atoms with Gasteiger partial charge in [0.25, 0.3) is 10.0 Å². The molecule has 0 fully saturated rings. The number of benzene rings is 4. The first-order valence-electron chi connectivity index (χ1n) is 15.0. The van der Waals surface area contributed by atoms with E-state index in [0.717, 1.165) is 9.87 Å². The van der Waals surface area contributed by atoms with Crippen molar-refractivity contribution < 1.29 is 22.7 Å². The summed E-state index contributed by atoms with van der Waals surface area (Å²) in [5.74, 6) is -0.450. The quantitative estimate of drug-likeness (QED) is 0.147. The number of halogens is 3. The van der Waals surface area contributed by atoms with Crippen molar-refractivity contribution in [2.24, 2.45) is 0 Å². The van der Waals surface area contributed by atoms with Crippen molar-refractivity contribution in [2.75, 3.05) is 17.5 Å². The maximum atomic E-state index is 14.5. The van der Waals surface area contributed by atoms with Gasteiger partial charge in [-0.05, 0) is 92.6 Å². The molecule has 47 heavy (non-hydrogen) atoms. The number of sulfonamides is 1. The van der Waals surface area contributed by atoms with Crippen LogP contribution in [0.5, 0.6) is 5.75 Å². The van der Waals surface area contributed by atoms with Gasteiger partial charge in [-0.3, -0.25) is 13.9 Å². The van der Waals surface area contributed by atoms with Crippen molar-refractivity contribution in [1.82, 2.24) is 10.2 Å². The van der Waals surface area contributed by atoms with E-state index < -0.39 is 28.5 Å². The fourth-order valence-corrected chi connectivity index (χ4v) is 6.77. The molecule has 4 aromatic carbocycles. The van der Waals surface area contributed by atoms with Crippen LogP contribution in [0.25, 0.3) is 0 Å². The van der Waals surface area contributed by atoms with Gasteiger partial charge < -0.3 is 15.0 Å². The molecule has 248 valence electrons. The lowest BCUT2D eigenvalue weighted by Crippen LogP contribution is -2.54. The lowest BCUT2D eigenvalue weighted by molar-refractivity contribution is -0.140. The van der Waals surface area contributed by atoms with Crippen LogP contribution in [0.3, 0.4) is 0 Å². The molecule has 0 saturated heterocycles. The highest BCUT2D eigenvalue weighted by Gasteiger charge is 2.35. The molecule has 1 unspecified atom stereocenters. The van der Waals surface area contributed by atoms with Crippen LogP contribution >= 0.6 is 34.8 Å². The molecule has 8 nitrogen and oxygen atoms in total. The van der Waals surface area contributed by atoms with Crippen molar-refractivity contribution in [3.63, 3.8) is 0 Å². The Morgan fingerprint density at radius 1 is 0.830 bits per heavy atom. The van der Waals surface area contributed by atoms with E-state index in [1.807, 2.05) is 51.1 Å². The van der Waals surface area contributed by atoms with E-state index in [1.165, 1.54) is 29.2 Å². The first-order valence-corrected chi connectivity index (χ1v) is 17.5. The Labute approximate surface area is 291 Å². The number of nitrogens with one attached hydrogen (secondary N) is 1. The summed E-state index contributed by atoms with van der Waals surface area (Å²) < 4.78 is 34.9. The normalized spacial score (nSPS) is 12.0. The fourth-order valence-electron chi connectivity index (χ4n) is 4.91. The summed E-state index contributed by atoms with van der Waals surface area (Å²) in [4.78, 5) is 29.7. The first-order chi connectivity index (χ1) is 22.4. The highest BCUT2D eigenvalue weighted by Crippen LogP contribution is 2.29. The number of anilines is 1. The summed E-state index contributed by atoms with van der Waals surface area (Å²) in [6, 6.07) is 25.1. The van der Waals surface area contributed by atoms with Crippen molar-refractivity contribution in [1.29, 1.82) is 0 Å². The zero-order valence-electron chi connectivity index (χ0n) is 26.2. The predicted molar refractivity (Wildman–Crippen MR) is 188 cm³/mol.